The summed E-state index contributed by atoms with van der Waals surface area (Å²) in [7, 11) is 1.56. The van der Waals surface area contributed by atoms with E-state index >= 15 is 0 Å². The molecule has 0 radical (unpaired) electrons. The molecule has 1 aromatic carbocycles. The molecule has 0 saturated carbocycles. The van der Waals surface area contributed by atoms with Gasteiger partial charge in [-0.2, -0.15) is 4.98 Å². The average Bonchev–Trinajstić information content (AvgIpc) is 2.75. The lowest BCUT2D eigenvalue weighted by atomic mass is 10.2. The Hall–Kier alpha value is -2.83. The molecule has 2 heterocycles. The molecule has 0 unspecified atom stereocenters. The van der Waals surface area contributed by atoms with Gasteiger partial charge in [-0.3, -0.25) is 4.79 Å². The quantitative estimate of drug-likeness (QED) is 0.897. The van der Waals surface area contributed by atoms with E-state index in [0.29, 0.717) is 31.5 Å². The monoisotopic (exact) mass is 314 g/mol. The number of nitrogens with zero attached hydrogens (tertiary/aromatic N) is 3. The van der Waals surface area contributed by atoms with Crippen LogP contribution in [0.5, 0.6) is 11.6 Å². The number of anilines is 1. The highest BCUT2D eigenvalue weighted by Gasteiger charge is 2.20. The van der Waals surface area contributed by atoms with Gasteiger partial charge in [0.2, 0.25) is 11.8 Å². The number of fused-ring (bicyclic) bond motifs is 1. The van der Waals surface area contributed by atoms with Gasteiger partial charge in [-0.15, -0.1) is 0 Å². The number of benzene rings is 1. The maximum Gasteiger partial charge on any atom is 0.260 e. The van der Waals surface area contributed by atoms with Crippen LogP contribution in [0.4, 0.5) is 5.95 Å². The fraction of sp³-hybridized carbons (Fsp3) is 0.312. The number of carbonyl (C=O) groups excluding carboxylic acids is 1. The van der Waals surface area contributed by atoms with Gasteiger partial charge >= 0.3 is 0 Å². The Morgan fingerprint density at radius 3 is 3.09 bits per heavy atom. The number of ether oxygens (including phenoxy) is 2. The number of hydrogen-bond donors (Lipinski definition) is 1. The second-order valence-electron chi connectivity index (χ2n) is 5.06. The fourth-order valence-electron chi connectivity index (χ4n) is 2.35. The van der Waals surface area contributed by atoms with Crippen LogP contribution in [-0.2, 0) is 11.3 Å². The number of carbonyl (C=O) groups is 1. The van der Waals surface area contributed by atoms with Crippen molar-refractivity contribution in [1.29, 1.82) is 0 Å². The molecule has 1 amide bonds. The summed E-state index contributed by atoms with van der Waals surface area (Å²) >= 11 is 0. The summed E-state index contributed by atoms with van der Waals surface area (Å²) in [6.07, 6.45) is 1.62. The summed E-state index contributed by atoms with van der Waals surface area (Å²) in [5.74, 6) is 1.71. The zero-order valence-corrected chi connectivity index (χ0v) is 12.9. The summed E-state index contributed by atoms with van der Waals surface area (Å²) in [5.41, 5.74) is 1.01. The molecule has 0 spiro atoms. The van der Waals surface area contributed by atoms with E-state index in [2.05, 4.69) is 15.3 Å². The third-order valence-corrected chi connectivity index (χ3v) is 3.54. The predicted octanol–water partition coefficient (Wildman–Crippen LogP) is 1.32. The summed E-state index contributed by atoms with van der Waals surface area (Å²) in [6, 6.07) is 9.38. The first-order valence-electron chi connectivity index (χ1n) is 7.35. The molecule has 23 heavy (non-hydrogen) atoms. The lowest BCUT2D eigenvalue weighted by molar-refractivity contribution is -0.133. The molecule has 1 aromatic heterocycles. The Kier molecular flexibility index (Phi) is 4.56. The first kappa shape index (κ1) is 15.1. The van der Waals surface area contributed by atoms with Crippen LogP contribution in [-0.4, -0.2) is 47.6 Å². The number of aromatic nitrogens is 2. The molecule has 1 aliphatic rings. The topological polar surface area (TPSA) is 76.6 Å². The van der Waals surface area contributed by atoms with E-state index in [4.69, 9.17) is 9.47 Å². The molecule has 120 valence electrons. The van der Waals surface area contributed by atoms with Crippen molar-refractivity contribution >= 4 is 11.9 Å². The molecule has 1 N–H and O–H groups in total. The third-order valence-electron chi connectivity index (χ3n) is 3.54. The van der Waals surface area contributed by atoms with E-state index in [1.807, 2.05) is 24.3 Å². The van der Waals surface area contributed by atoms with Gasteiger partial charge in [-0.05, 0) is 6.07 Å². The first-order valence-corrected chi connectivity index (χ1v) is 7.35. The van der Waals surface area contributed by atoms with Crippen LogP contribution in [0.3, 0.4) is 0 Å². The Morgan fingerprint density at radius 2 is 2.22 bits per heavy atom. The normalized spacial score (nSPS) is 13.8. The summed E-state index contributed by atoms with van der Waals surface area (Å²) in [6.45, 7) is 1.68. The Morgan fingerprint density at radius 1 is 1.35 bits per heavy atom. The Labute approximate surface area is 134 Å². The Bertz CT molecular complexity index is 693. The van der Waals surface area contributed by atoms with E-state index in [-0.39, 0.29) is 12.5 Å². The number of hydrogen-bond acceptors (Lipinski definition) is 6. The van der Waals surface area contributed by atoms with E-state index in [9.17, 15) is 4.79 Å². The maximum absolute atomic E-state index is 12.1. The number of rotatable bonds is 5. The molecule has 7 heteroatoms. The van der Waals surface area contributed by atoms with Gasteiger partial charge in [-0.25, -0.2) is 4.98 Å². The van der Waals surface area contributed by atoms with Gasteiger partial charge in [0, 0.05) is 37.5 Å². The van der Waals surface area contributed by atoms with Crippen LogP contribution in [0.25, 0.3) is 0 Å². The van der Waals surface area contributed by atoms with Gasteiger partial charge in [0.25, 0.3) is 5.91 Å². The van der Waals surface area contributed by atoms with Gasteiger partial charge in [0.05, 0.1) is 7.11 Å². The van der Waals surface area contributed by atoms with Crippen LogP contribution in [0.15, 0.2) is 36.5 Å². The molecule has 0 bridgehead atoms. The minimum absolute atomic E-state index is 0.0328. The number of nitrogens with one attached hydrogen (secondary N) is 1. The molecule has 0 aliphatic carbocycles. The summed E-state index contributed by atoms with van der Waals surface area (Å²) < 4.78 is 10.6. The lowest BCUT2D eigenvalue weighted by Gasteiger charge is -2.20. The zero-order chi connectivity index (χ0) is 16.1. The zero-order valence-electron chi connectivity index (χ0n) is 12.9. The van der Waals surface area contributed by atoms with Crippen molar-refractivity contribution in [3.63, 3.8) is 0 Å². The first-order chi connectivity index (χ1) is 11.3. The average molecular weight is 314 g/mol. The molecule has 0 saturated heterocycles. The standard InChI is InChI=1S/C16H18N4O3/c1-22-14-6-7-17-16(19-14)18-8-9-20-10-12-4-2-3-5-13(12)23-11-15(20)21/h2-7H,8-11H2,1H3,(H,17,18,19). The highest BCUT2D eigenvalue weighted by atomic mass is 16.5. The molecular weight excluding hydrogens is 296 g/mol. The van der Waals surface area contributed by atoms with Crippen LogP contribution >= 0.6 is 0 Å². The van der Waals surface area contributed by atoms with Crippen molar-refractivity contribution in [1.82, 2.24) is 14.9 Å². The third kappa shape index (κ3) is 3.68. The molecule has 1 aliphatic heterocycles. The number of amides is 1. The molecule has 2 aromatic rings. The van der Waals surface area contributed by atoms with E-state index < -0.39 is 0 Å². The van der Waals surface area contributed by atoms with E-state index in [1.165, 1.54) is 0 Å². The number of methoxy groups -OCH3 is 1. The van der Waals surface area contributed by atoms with Crippen LogP contribution in [0, 0.1) is 0 Å². The smallest absolute Gasteiger partial charge is 0.260 e. The van der Waals surface area contributed by atoms with Crippen LogP contribution < -0.4 is 14.8 Å². The largest absolute Gasteiger partial charge is 0.483 e. The van der Waals surface area contributed by atoms with E-state index in [1.54, 1.807) is 24.3 Å². The van der Waals surface area contributed by atoms with Gasteiger partial charge in [0.1, 0.15) is 5.75 Å². The second-order valence-corrected chi connectivity index (χ2v) is 5.06. The molecule has 0 fully saturated rings. The van der Waals surface area contributed by atoms with Crippen molar-refractivity contribution in [2.24, 2.45) is 0 Å². The van der Waals surface area contributed by atoms with Gasteiger partial charge < -0.3 is 19.7 Å². The van der Waals surface area contributed by atoms with Crippen LogP contribution in [0.1, 0.15) is 5.56 Å². The fourth-order valence-corrected chi connectivity index (χ4v) is 2.35. The minimum atomic E-state index is -0.0328. The summed E-state index contributed by atoms with van der Waals surface area (Å²) in [4.78, 5) is 22.2. The lowest BCUT2D eigenvalue weighted by Crippen LogP contribution is -2.36. The molecule has 0 atom stereocenters. The highest BCUT2D eigenvalue weighted by Crippen LogP contribution is 2.22. The molecular formula is C16H18N4O3. The minimum Gasteiger partial charge on any atom is -0.483 e. The van der Waals surface area contributed by atoms with Crippen molar-refractivity contribution in [2.75, 3.05) is 32.1 Å². The van der Waals surface area contributed by atoms with Crippen molar-refractivity contribution in [3.05, 3.63) is 42.1 Å². The van der Waals surface area contributed by atoms with Crippen molar-refractivity contribution in [3.8, 4) is 11.6 Å². The second kappa shape index (κ2) is 6.95. The molecule has 3 rings (SSSR count). The van der Waals surface area contributed by atoms with Gasteiger partial charge in [-0.1, -0.05) is 18.2 Å². The Balaban J connectivity index is 1.60. The van der Waals surface area contributed by atoms with Crippen molar-refractivity contribution < 1.29 is 14.3 Å². The SMILES string of the molecule is COc1ccnc(NCCN2Cc3ccccc3OCC2=O)n1. The molecule has 7 nitrogen and oxygen atoms in total. The number of para-hydroxylation sites is 1. The van der Waals surface area contributed by atoms with Gasteiger partial charge in [0.15, 0.2) is 6.61 Å². The van der Waals surface area contributed by atoms with Crippen LogP contribution in [0.2, 0.25) is 0 Å². The van der Waals surface area contributed by atoms with E-state index in [0.717, 1.165) is 11.3 Å². The maximum atomic E-state index is 12.1. The van der Waals surface area contributed by atoms with Crippen molar-refractivity contribution in [2.45, 2.75) is 6.54 Å². The highest BCUT2D eigenvalue weighted by molar-refractivity contribution is 5.78. The predicted molar refractivity (Wildman–Crippen MR) is 84.4 cm³/mol. The summed E-state index contributed by atoms with van der Waals surface area (Å²) in [5, 5.41) is 3.09.